The lowest BCUT2D eigenvalue weighted by atomic mass is 10.3. The molecule has 0 fully saturated rings. The van der Waals surface area contributed by atoms with Crippen LogP contribution in [0.1, 0.15) is 16.2 Å². The molecule has 116 valence electrons. The van der Waals surface area contributed by atoms with Crippen LogP contribution in [0.3, 0.4) is 0 Å². The Morgan fingerprint density at radius 3 is 2.78 bits per heavy atom. The summed E-state index contributed by atoms with van der Waals surface area (Å²) >= 11 is 0. The zero-order valence-electron chi connectivity index (χ0n) is 12.1. The largest absolute Gasteiger partial charge is 0.322 e. The number of para-hydroxylation sites is 1. The van der Waals surface area contributed by atoms with Gasteiger partial charge in [-0.05, 0) is 19.1 Å². The van der Waals surface area contributed by atoms with Crippen molar-refractivity contribution in [3.05, 3.63) is 64.2 Å². The maximum absolute atomic E-state index is 12.2. The number of nitrogens with zero attached hydrogens (tertiary/aromatic N) is 4. The number of aryl methyl sites for hydroxylation is 1. The maximum Gasteiger partial charge on any atom is 0.322 e. The van der Waals surface area contributed by atoms with Crippen molar-refractivity contribution in [1.29, 1.82) is 0 Å². The summed E-state index contributed by atoms with van der Waals surface area (Å²) in [4.78, 5) is 22.5. The number of aromatic amines is 1. The summed E-state index contributed by atoms with van der Waals surface area (Å²) in [7, 11) is 0. The molecule has 1 amide bonds. The highest BCUT2D eigenvalue weighted by Crippen LogP contribution is 2.21. The molecule has 0 unspecified atom stereocenters. The zero-order chi connectivity index (χ0) is 16.4. The first kappa shape index (κ1) is 14.4. The molecule has 0 spiro atoms. The highest BCUT2D eigenvalue weighted by Gasteiger charge is 2.27. The molecule has 0 saturated heterocycles. The minimum atomic E-state index is -0.673. The Balaban J connectivity index is 1.82. The van der Waals surface area contributed by atoms with Gasteiger partial charge in [0.05, 0.1) is 28.7 Å². The molecular weight excluding hydrogens is 300 g/mol. The summed E-state index contributed by atoms with van der Waals surface area (Å²) in [5.74, 6) is -0.673. The normalized spacial score (nSPS) is 10.5. The van der Waals surface area contributed by atoms with Gasteiger partial charge in [0, 0.05) is 0 Å². The van der Waals surface area contributed by atoms with Crippen LogP contribution in [-0.2, 0) is 0 Å². The molecule has 2 aromatic heterocycles. The topological polar surface area (TPSA) is 119 Å². The third-order valence-electron chi connectivity index (χ3n) is 3.17. The number of nitrogens with one attached hydrogen (secondary N) is 2. The lowest BCUT2D eigenvalue weighted by molar-refractivity contribution is -0.385. The number of benzene rings is 1. The van der Waals surface area contributed by atoms with Crippen molar-refractivity contribution in [2.24, 2.45) is 0 Å². The number of hydrogen-bond acceptors (Lipinski definition) is 5. The molecule has 3 aromatic rings. The summed E-state index contributed by atoms with van der Waals surface area (Å²) in [5.41, 5.74) is 0.862. The monoisotopic (exact) mass is 312 g/mol. The minimum Gasteiger partial charge on any atom is -0.318 e. The molecule has 0 aliphatic rings. The molecule has 0 aliphatic heterocycles. The second-order valence-electron chi connectivity index (χ2n) is 4.77. The second kappa shape index (κ2) is 5.72. The molecule has 9 nitrogen and oxygen atoms in total. The van der Waals surface area contributed by atoms with Crippen molar-refractivity contribution >= 4 is 17.3 Å². The van der Waals surface area contributed by atoms with Crippen LogP contribution in [0.5, 0.6) is 0 Å². The number of amides is 1. The van der Waals surface area contributed by atoms with Gasteiger partial charge in [0.2, 0.25) is 5.69 Å². The van der Waals surface area contributed by atoms with Crippen molar-refractivity contribution in [2.45, 2.75) is 6.92 Å². The molecule has 23 heavy (non-hydrogen) atoms. The van der Waals surface area contributed by atoms with Crippen LogP contribution >= 0.6 is 0 Å². The van der Waals surface area contributed by atoms with E-state index in [0.29, 0.717) is 5.69 Å². The van der Waals surface area contributed by atoms with Gasteiger partial charge < -0.3 is 5.32 Å². The van der Waals surface area contributed by atoms with Crippen LogP contribution in [0.4, 0.5) is 11.4 Å². The second-order valence-corrected chi connectivity index (χ2v) is 4.77. The van der Waals surface area contributed by atoms with Crippen LogP contribution in [0.25, 0.3) is 5.69 Å². The lowest BCUT2D eigenvalue weighted by Gasteiger charge is -2.00. The van der Waals surface area contributed by atoms with Gasteiger partial charge in [0.1, 0.15) is 5.69 Å². The van der Waals surface area contributed by atoms with Gasteiger partial charge in [-0.2, -0.15) is 10.2 Å². The van der Waals surface area contributed by atoms with Gasteiger partial charge in [-0.15, -0.1) is 0 Å². The minimum absolute atomic E-state index is 0.222. The van der Waals surface area contributed by atoms with E-state index in [1.807, 2.05) is 30.3 Å². The molecule has 0 radical (unpaired) electrons. The number of anilines is 1. The SMILES string of the molecule is Cc1[nH]nc(C(=O)Nc2cnn(-c3ccccc3)c2)c1[N+](=O)[O-]. The van der Waals surface area contributed by atoms with Crippen LogP contribution < -0.4 is 5.32 Å². The van der Waals surface area contributed by atoms with Gasteiger partial charge in [0.15, 0.2) is 0 Å². The Morgan fingerprint density at radius 2 is 2.09 bits per heavy atom. The van der Waals surface area contributed by atoms with Crippen LogP contribution in [-0.4, -0.2) is 30.8 Å². The summed E-state index contributed by atoms with van der Waals surface area (Å²) < 4.78 is 1.58. The van der Waals surface area contributed by atoms with Gasteiger partial charge in [-0.1, -0.05) is 18.2 Å². The van der Waals surface area contributed by atoms with E-state index >= 15 is 0 Å². The first-order chi connectivity index (χ1) is 11.1. The van der Waals surface area contributed by atoms with Gasteiger partial charge >= 0.3 is 5.69 Å². The van der Waals surface area contributed by atoms with Crippen molar-refractivity contribution in [1.82, 2.24) is 20.0 Å². The molecular formula is C14H12N6O3. The third kappa shape index (κ3) is 2.79. The summed E-state index contributed by atoms with van der Waals surface area (Å²) in [6.45, 7) is 1.48. The van der Waals surface area contributed by atoms with Crippen LogP contribution in [0.15, 0.2) is 42.7 Å². The van der Waals surface area contributed by atoms with E-state index in [1.54, 1.807) is 10.9 Å². The van der Waals surface area contributed by atoms with E-state index in [-0.39, 0.29) is 17.1 Å². The first-order valence-corrected chi connectivity index (χ1v) is 6.67. The van der Waals surface area contributed by atoms with Crippen LogP contribution in [0.2, 0.25) is 0 Å². The number of rotatable bonds is 4. The quantitative estimate of drug-likeness (QED) is 0.564. The lowest BCUT2D eigenvalue weighted by Crippen LogP contribution is -2.13. The highest BCUT2D eigenvalue weighted by molar-refractivity contribution is 6.05. The average molecular weight is 312 g/mol. The summed E-state index contributed by atoms with van der Waals surface area (Å²) in [6, 6.07) is 9.34. The summed E-state index contributed by atoms with van der Waals surface area (Å²) in [5, 5.41) is 23.8. The molecule has 0 saturated carbocycles. The Morgan fingerprint density at radius 1 is 1.35 bits per heavy atom. The molecule has 0 atom stereocenters. The maximum atomic E-state index is 12.2. The number of hydrogen-bond donors (Lipinski definition) is 2. The van der Waals surface area contributed by atoms with Crippen molar-refractivity contribution in [2.75, 3.05) is 5.32 Å². The fraction of sp³-hybridized carbons (Fsp3) is 0.0714. The molecule has 0 aliphatic carbocycles. The van der Waals surface area contributed by atoms with E-state index < -0.39 is 10.8 Å². The van der Waals surface area contributed by atoms with E-state index in [4.69, 9.17) is 0 Å². The van der Waals surface area contributed by atoms with Crippen LogP contribution in [0, 0.1) is 17.0 Å². The van der Waals surface area contributed by atoms with Gasteiger partial charge in [-0.25, -0.2) is 4.68 Å². The molecule has 2 N–H and O–H groups in total. The van der Waals surface area contributed by atoms with Crippen molar-refractivity contribution in [3.8, 4) is 5.69 Å². The van der Waals surface area contributed by atoms with E-state index in [9.17, 15) is 14.9 Å². The molecule has 3 rings (SSSR count). The molecule has 0 bridgehead atoms. The van der Waals surface area contributed by atoms with E-state index in [1.165, 1.54) is 13.1 Å². The smallest absolute Gasteiger partial charge is 0.318 e. The van der Waals surface area contributed by atoms with E-state index in [2.05, 4.69) is 20.6 Å². The molecule has 9 heteroatoms. The Labute approximate surface area is 130 Å². The fourth-order valence-electron chi connectivity index (χ4n) is 2.10. The standard InChI is InChI=1S/C14H12N6O3/c1-9-13(20(22)23)12(18-17-9)14(21)16-10-7-15-19(8-10)11-5-3-2-4-6-11/h2-8H,1H3,(H,16,21)(H,17,18). The number of aromatic nitrogens is 4. The molecule has 1 aromatic carbocycles. The fourth-order valence-corrected chi connectivity index (χ4v) is 2.10. The summed E-state index contributed by atoms with van der Waals surface area (Å²) in [6.07, 6.45) is 3.06. The number of nitro groups is 1. The van der Waals surface area contributed by atoms with Gasteiger partial charge in [0.25, 0.3) is 5.91 Å². The van der Waals surface area contributed by atoms with Crippen molar-refractivity contribution < 1.29 is 9.72 Å². The predicted molar refractivity (Wildman–Crippen MR) is 81.5 cm³/mol. The predicted octanol–water partition coefficient (Wildman–Crippen LogP) is 2.06. The van der Waals surface area contributed by atoms with Crippen molar-refractivity contribution in [3.63, 3.8) is 0 Å². The zero-order valence-corrected chi connectivity index (χ0v) is 12.1. The average Bonchev–Trinajstić information content (AvgIpc) is 3.14. The number of carbonyl (C=O) groups is 1. The third-order valence-corrected chi connectivity index (χ3v) is 3.17. The Bertz CT molecular complexity index is 868. The Kier molecular flexibility index (Phi) is 3.59. The highest BCUT2D eigenvalue weighted by atomic mass is 16.6. The number of H-pyrrole nitrogens is 1. The van der Waals surface area contributed by atoms with E-state index in [0.717, 1.165) is 5.69 Å². The number of carbonyl (C=O) groups excluding carboxylic acids is 1. The Hall–Kier alpha value is -3.49. The molecule has 2 heterocycles. The first-order valence-electron chi connectivity index (χ1n) is 6.67. The van der Waals surface area contributed by atoms with Gasteiger partial charge in [-0.3, -0.25) is 20.0 Å².